The maximum absolute atomic E-state index is 5.57. The van der Waals surface area contributed by atoms with Crippen molar-refractivity contribution in [2.75, 3.05) is 23.0 Å². The molecule has 6 nitrogen and oxygen atoms in total. The molecule has 0 spiro atoms. The minimum Gasteiger partial charge on any atom is -0.370 e. The molecule has 1 aliphatic rings. The SMILES string of the molecule is NNc1cc(NCCC2CCCC2)nc(N)n1. The summed E-state index contributed by atoms with van der Waals surface area (Å²) in [5.41, 5.74) is 8.04. The molecule has 1 aromatic rings. The number of nitrogen functional groups attached to an aromatic ring is 2. The van der Waals surface area contributed by atoms with Crippen LogP contribution in [-0.4, -0.2) is 16.5 Å². The van der Waals surface area contributed by atoms with Gasteiger partial charge >= 0.3 is 0 Å². The molecule has 1 heterocycles. The minimum atomic E-state index is 0.226. The lowest BCUT2D eigenvalue weighted by molar-refractivity contribution is 0.518. The summed E-state index contributed by atoms with van der Waals surface area (Å²) in [4.78, 5) is 8.03. The van der Waals surface area contributed by atoms with Gasteiger partial charge in [0, 0.05) is 12.6 Å². The van der Waals surface area contributed by atoms with E-state index >= 15 is 0 Å². The Morgan fingerprint density at radius 3 is 2.65 bits per heavy atom. The molecular formula is C11H20N6. The first-order chi connectivity index (χ1) is 8.28. The fourth-order valence-electron chi connectivity index (χ4n) is 2.33. The molecule has 6 N–H and O–H groups in total. The number of aromatic nitrogens is 2. The molecule has 17 heavy (non-hydrogen) atoms. The maximum atomic E-state index is 5.57. The lowest BCUT2D eigenvalue weighted by atomic mass is 10.0. The van der Waals surface area contributed by atoms with E-state index in [9.17, 15) is 0 Å². The van der Waals surface area contributed by atoms with E-state index in [1.165, 1.54) is 32.1 Å². The van der Waals surface area contributed by atoms with Crippen molar-refractivity contribution in [2.24, 2.45) is 11.8 Å². The summed E-state index contributed by atoms with van der Waals surface area (Å²) in [6, 6.07) is 1.75. The van der Waals surface area contributed by atoms with Gasteiger partial charge < -0.3 is 16.5 Å². The second kappa shape index (κ2) is 5.67. The standard InChI is InChI=1S/C11H20N6/c12-11-15-9(7-10(16-11)17-13)14-6-5-8-3-1-2-4-8/h7-8H,1-6,13H2,(H4,12,14,15,16,17). The molecule has 0 saturated heterocycles. The first kappa shape index (κ1) is 11.9. The number of anilines is 3. The topological polar surface area (TPSA) is 102 Å². The molecule has 1 saturated carbocycles. The van der Waals surface area contributed by atoms with E-state index in [0.717, 1.165) is 18.3 Å². The minimum absolute atomic E-state index is 0.226. The molecule has 0 unspecified atom stereocenters. The molecule has 1 aliphatic carbocycles. The van der Waals surface area contributed by atoms with Crippen molar-refractivity contribution in [3.05, 3.63) is 6.07 Å². The summed E-state index contributed by atoms with van der Waals surface area (Å²) in [5.74, 6) is 7.64. The summed E-state index contributed by atoms with van der Waals surface area (Å²) in [7, 11) is 0. The van der Waals surface area contributed by atoms with Crippen LogP contribution in [0.15, 0.2) is 6.07 Å². The highest BCUT2D eigenvalue weighted by molar-refractivity contribution is 5.50. The lowest BCUT2D eigenvalue weighted by Gasteiger charge is -2.11. The fraction of sp³-hybridized carbons (Fsp3) is 0.636. The number of rotatable bonds is 5. The van der Waals surface area contributed by atoms with E-state index < -0.39 is 0 Å². The van der Waals surface area contributed by atoms with Gasteiger partial charge in [-0.05, 0) is 12.3 Å². The summed E-state index contributed by atoms with van der Waals surface area (Å²) in [6.07, 6.45) is 6.68. The highest BCUT2D eigenvalue weighted by Gasteiger charge is 2.14. The summed E-state index contributed by atoms with van der Waals surface area (Å²) in [5, 5.41) is 3.26. The van der Waals surface area contributed by atoms with Crippen LogP contribution in [0.25, 0.3) is 0 Å². The number of hydrogen-bond acceptors (Lipinski definition) is 6. The normalized spacial score (nSPS) is 16.1. The molecule has 0 atom stereocenters. The van der Waals surface area contributed by atoms with E-state index in [1.807, 2.05) is 0 Å². The Hall–Kier alpha value is -1.56. The van der Waals surface area contributed by atoms with E-state index in [2.05, 4.69) is 20.7 Å². The van der Waals surface area contributed by atoms with Gasteiger partial charge in [-0.15, -0.1) is 0 Å². The van der Waals surface area contributed by atoms with Gasteiger partial charge in [0.25, 0.3) is 0 Å². The van der Waals surface area contributed by atoms with Crippen LogP contribution < -0.4 is 22.3 Å². The third kappa shape index (κ3) is 3.45. The van der Waals surface area contributed by atoms with Crippen LogP contribution in [0, 0.1) is 5.92 Å². The highest BCUT2D eigenvalue weighted by Crippen LogP contribution is 2.27. The van der Waals surface area contributed by atoms with Crippen molar-refractivity contribution in [1.29, 1.82) is 0 Å². The van der Waals surface area contributed by atoms with E-state index in [-0.39, 0.29) is 5.95 Å². The molecule has 1 aromatic heterocycles. The molecule has 0 aromatic carbocycles. The second-order valence-corrected chi connectivity index (χ2v) is 4.51. The third-order valence-electron chi connectivity index (χ3n) is 3.22. The molecule has 1 fully saturated rings. The Morgan fingerprint density at radius 1 is 1.24 bits per heavy atom. The van der Waals surface area contributed by atoms with Crippen LogP contribution in [0.5, 0.6) is 0 Å². The van der Waals surface area contributed by atoms with Crippen LogP contribution in [0.2, 0.25) is 0 Å². The highest BCUT2D eigenvalue weighted by atomic mass is 15.3. The zero-order valence-electron chi connectivity index (χ0n) is 9.95. The number of nitrogens with zero attached hydrogens (tertiary/aromatic N) is 2. The molecule has 2 rings (SSSR count). The van der Waals surface area contributed by atoms with Crippen molar-refractivity contribution in [3.63, 3.8) is 0 Å². The summed E-state index contributed by atoms with van der Waals surface area (Å²) < 4.78 is 0. The predicted molar refractivity (Wildman–Crippen MR) is 69.3 cm³/mol. The van der Waals surface area contributed by atoms with Gasteiger partial charge in [-0.3, -0.25) is 0 Å². The molecule has 6 heteroatoms. The number of hydrogen-bond donors (Lipinski definition) is 4. The largest absolute Gasteiger partial charge is 0.370 e. The van der Waals surface area contributed by atoms with Crippen LogP contribution in [0.3, 0.4) is 0 Å². The van der Waals surface area contributed by atoms with Crippen molar-refractivity contribution in [3.8, 4) is 0 Å². The Labute approximate surface area is 101 Å². The van der Waals surface area contributed by atoms with E-state index in [1.54, 1.807) is 6.07 Å². The quantitative estimate of drug-likeness (QED) is 0.454. The Bertz CT molecular complexity index is 361. The van der Waals surface area contributed by atoms with E-state index in [4.69, 9.17) is 11.6 Å². The third-order valence-corrected chi connectivity index (χ3v) is 3.22. The average Bonchev–Trinajstić information content (AvgIpc) is 2.81. The van der Waals surface area contributed by atoms with Gasteiger partial charge in [0.1, 0.15) is 11.6 Å². The monoisotopic (exact) mass is 236 g/mol. The first-order valence-corrected chi connectivity index (χ1v) is 6.13. The molecule has 94 valence electrons. The Kier molecular flexibility index (Phi) is 3.98. The molecule has 0 bridgehead atoms. The van der Waals surface area contributed by atoms with Crippen LogP contribution in [0.1, 0.15) is 32.1 Å². The molecule has 0 aliphatic heterocycles. The number of hydrazine groups is 1. The fourth-order valence-corrected chi connectivity index (χ4v) is 2.33. The predicted octanol–water partition coefficient (Wildman–Crippen LogP) is 1.34. The van der Waals surface area contributed by atoms with Crippen molar-refractivity contribution < 1.29 is 0 Å². The Balaban J connectivity index is 1.83. The van der Waals surface area contributed by atoms with Gasteiger partial charge in [0.05, 0.1) is 0 Å². The zero-order chi connectivity index (χ0) is 12.1. The number of nitrogens with two attached hydrogens (primary N) is 2. The van der Waals surface area contributed by atoms with Crippen LogP contribution in [-0.2, 0) is 0 Å². The molecule has 0 radical (unpaired) electrons. The summed E-state index contributed by atoms with van der Waals surface area (Å²) in [6.45, 7) is 0.922. The van der Waals surface area contributed by atoms with Gasteiger partial charge in [-0.2, -0.15) is 9.97 Å². The van der Waals surface area contributed by atoms with Gasteiger partial charge in [-0.25, -0.2) is 5.84 Å². The summed E-state index contributed by atoms with van der Waals surface area (Å²) >= 11 is 0. The van der Waals surface area contributed by atoms with Gasteiger partial charge in [-0.1, -0.05) is 25.7 Å². The average molecular weight is 236 g/mol. The molecule has 0 amide bonds. The van der Waals surface area contributed by atoms with Crippen molar-refractivity contribution in [2.45, 2.75) is 32.1 Å². The molecular weight excluding hydrogens is 216 g/mol. The van der Waals surface area contributed by atoms with Crippen molar-refractivity contribution in [1.82, 2.24) is 9.97 Å². The van der Waals surface area contributed by atoms with Crippen LogP contribution >= 0.6 is 0 Å². The van der Waals surface area contributed by atoms with Crippen molar-refractivity contribution >= 4 is 17.6 Å². The van der Waals surface area contributed by atoms with Crippen LogP contribution in [0.4, 0.5) is 17.6 Å². The zero-order valence-corrected chi connectivity index (χ0v) is 9.95. The first-order valence-electron chi connectivity index (χ1n) is 6.13. The number of nitrogens with one attached hydrogen (secondary N) is 2. The van der Waals surface area contributed by atoms with Gasteiger partial charge in [0.15, 0.2) is 0 Å². The Morgan fingerprint density at radius 2 is 1.94 bits per heavy atom. The maximum Gasteiger partial charge on any atom is 0.223 e. The van der Waals surface area contributed by atoms with E-state index in [0.29, 0.717) is 5.82 Å². The van der Waals surface area contributed by atoms with Gasteiger partial charge in [0.2, 0.25) is 5.95 Å². The second-order valence-electron chi connectivity index (χ2n) is 4.51. The lowest BCUT2D eigenvalue weighted by Crippen LogP contribution is -2.13. The smallest absolute Gasteiger partial charge is 0.223 e.